The molecule has 0 radical (unpaired) electrons. The average molecular weight is 288 g/mol. The molecule has 0 bridgehead atoms. The number of aliphatic imine (C=N–C) groups is 1. The van der Waals surface area contributed by atoms with E-state index in [1.165, 1.54) is 10.4 Å². The van der Waals surface area contributed by atoms with Gasteiger partial charge in [-0.1, -0.05) is 48.2 Å². The Morgan fingerprint density at radius 1 is 1.16 bits per heavy atom. The lowest BCUT2D eigenvalue weighted by molar-refractivity contribution is 0.686. The highest BCUT2D eigenvalue weighted by Crippen LogP contribution is 2.18. The number of benzene rings is 1. The van der Waals surface area contributed by atoms with Gasteiger partial charge in [-0.05, 0) is 23.4 Å². The normalized spacial score (nSPS) is 20.6. The topological polar surface area (TPSA) is 24.4 Å². The van der Waals surface area contributed by atoms with E-state index in [-0.39, 0.29) is 0 Å². The average Bonchev–Trinajstić information content (AvgIpc) is 3.09. The van der Waals surface area contributed by atoms with Crippen molar-refractivity contribution in [1.82, 2.24) is 5.32 Å². The zero-order valence-corrected chi connectivity index (χ0v) is 12.2. The smallest absolute Gasteiger partial charge is 0.157 e. The standard InChI is InChI=1S/C15H16N2S2/c1-2-5-12(6-3-1)9-13-11-19-15(17-13)16-10-14-7-4-8-18-14/h1-8,13H,9-11H2,(H,16,17). The van der Waals surface area contributed by atoms with Crippen molar-refractivity contribution in [3.63, 3.8) is 0 Å². The summed E-state index contributed by atoms with van der Waals surface area (Å²) in [6.07, 6.45) is 1.08. The van der Waals surface area contributed by atoms with E-state index in [4.69, 9.17) is 0 Å². The number of amidine groups is 1. The monoisotopic (exact) mass is 288 g/mol. The molecule has 0 spiro atoms. The highest BCUT2D eigenvalue weighted by molar-refractivity contribution is 8.14. The van der Waals surface area contributed by atoms with Crippen molar-refractivity contribution >= 4 is 28.3 Å². The third-order valence-electron chi connectivity index (χ3n) is 3.03. The number of thioether (sulfide) groups is 1. The Morgan fingerprint density at radius 2 is 2.05 bits per heavy atom. The largest absolute Gasteiger partial charge is 0.361 e. The molecule has 3 rings (SSSR count). The van der Waals surface area contributed by atoms with E-state index in [2.05, 4.69) is 58.2 Å². The lowest BCUT2D eigenvalue weighted by Gasteiger charge is -2.09. The van der Waals surface area contributed by atoms with Crippen molar-refractivity contribution in [2.24, 2.45) is 4.99 Å². The van der Waals surface area contributed by atoms with Crippen LogP contribution in [0.3, 0.4) is 0 Å². The van der Waals surface area contributed by atoms with E-state index in [0.29, 0.717) is 6.04 Å². The van der Waals surface area contributed by atoms with E-state index in [1.807, 2.05) is 11.8 Å². The molecule has 2 aromatic rings. The number of hydrogen-bond donors (Lipinski definition) is 1. The summed E-state index contributed by atoms with van der Waals surface area (Å²) in [5.74, 6) is 1.11. The van der Waals surface area contributed by atoms with Crippen molar-refractivity contribution in [3.05, 3.63) is 58.3 Å². The Balaban J connectivity index is 1.54. The van der Waals surface area contributed by atoms with Crippen LogP contribution >= 0.6 is 23.1 Å². The molecule has 1 aliphatic rings. The van der Waals surface area contributed by atoms with Gasteiger partial charge in [0.05, 0.1) is 6.54 Å². The van der Waals surface area contributed by atoms with Gasteiger partial charge in [0.1, 0.15) is 0 Å². The molecule has 4 heteroatoms. The van der Waals surface area contributed by atoms with Crippen LogP contribution in [0.15, 0.2) is 52.8 Å². The minimum absolute atomic E-state index is 0.509. The molecule has 1 unspecified atom stereocenters. The lowest BCUT2D eigenvalue weighted by Crippen LogP contribution is -2.28. The summed E-state index contributed by atoms with van der Waals surface area (Å²) in [6.45, 7) is 0.797. The third-order valence-corrected chi connectivity index (χ3v) is 4.98. The summed E-state index contributed by atoms with van der Waals surface area (Å²) < 4.78 is 0. The van der Waals surface area contributed by atoms with Gasteiger partial charge in [-0.15, -0.1) is 11.3 Å². The first-order valence-corrected chi connectivity index (χ1v) is 8.27. The second kappa shape index (κ2) is 6.26. The van der Waals surface area contributed by atoms with Crippen LogP contribution in [0.25, 0.3) is 0 Å². The quantitative estimate of drug-likeness (QED) is 0.930. The maximum absolute atomic E-state index is 4.64. The van der Waals surface area contributed by atoms with Gasteiger partial charge in [-0.3, -0.25) is 4.99 Å². The van der Waals surface area contributed by atoms with E-state index in [1.54, 1.807) is 11.3 Å². The van der Waals surface area contributed by atoms with Gasteiger partial charge < -0.3 is 5.32 Å². The van der Waals surface area contributed by atoms with E-state index in [0.717, 1.165) is 23.9 Å². The Kier molecular flexibility index (Phi) is 4.20. The Labute approximate surface area is 122 Å². The SMILES string of the molecule is c1ccc(CC2CSC(=NCc3cccs3)N2)cc1. The van der Waals surface area contributed by atoms with Crippen LogP contribution in [0.1, 0.15) is 10.4 Å². The minimum atomic E-state index is 0.509. The molecular formula is C15H16N2S2. The third kappa shape index (κ3) is 3.61. The van der Waals surface area contributed by atoms with Crippen LogP contribution in [0.4, 0.5) is 0 Å². The molecule has 0 saturated carbocycles. The molecule has 1 aromatic heterocycles. The fraction of sp³-hybridized carbons (Fsp3) is 0.267. The maximum Gasteiger partial charge on any atom is 0.157 e. The Morgan fingerprint density at radius 3 is 2.84 bits per heavy atom. The highest BCUT2D eigenvalue weighted by atomic mass is 32.2. The molecule has 2 nitrogen and oxygen atoms in total. The minimum Gasteiger partial charge on any atom is -0.361 e. The van der Waals surface area contributed by atoms with Gasteiger partial charge in [-0.25, -0.2) is 0 Å². The number of nitrogens with one attached hydrogen (secondary N) is 1. The molecular weight excluding hydrogens is 272 g/mol. The highest BCUT2D eigenvalue weighted by Gasteiger charge is 2.20. The van der Waals surface area contributed by atoms with Gasteiger partial charge in [0.15, 0.2) is 5.17 Å². The van der Waals surface area contributed by atoms with Crippen LogP contribution in [0.2, 0.25) is 0 Å². The molecule has 0 amide bonds. The summed E-state index contributed by atoms with van der Waals surface area (Å²) in [6, 6.07) is 15.4. The maximum atomic E-state index is 4.64. The molecule has 19 heavy (non-hydrogen) atoms. The summed E-state index contributed by atoms with van der Waals surface area (Å²) in [5, 5.41) is 6.71. The number of hydrogen-bond acceptors (Lipinski definition) is 3. The first-order chi connectivity index (χ1) is 9.40. The van der Waals surface area contributed by atoms with Gasteiger partial charge in [0, 0.05) is 16.7 Å². The first-order valence-electron chi connectivity index (χ1n) is 6.40. The van der Waals surface area contributed by atoms with E-state index < -0.39 is 0 Å². The van der Waals surface area contributed by atoms with Crippen molar-refractivity contribution in [2.45, 2.75) is 19.0 Å². The number of nitrogens with zero attached hydrogens (tertiary/aromatic N) is 1. The summed E-state index contributed by atoms with van der Waals surface area (Å²) in [5.41, 5.74) is 1.39. The first kappa shape index (κ1) is 12.8. The van der Waals surface area contributed by atoms with Crippen LogP contribution in [0, 0.1) is 0 Å². The zero-order chi connectivity index (χ0) is 12.9. The molecule has 1 N–H and O–H groups in total. The second-order valence-electron chi connectivity index (χ2n) is 4.54. The van der Waals surface area contributed by atoms with Gasteiger partial charge >= 0.3 is 0 Å². The molecule has 1 fully saturated rings. The number of rotatable bonds is 4. The second-order valence-corrected chi connectivity index (χ2v) is 6.58. The molecule has 1 saturated heterocycles. The Hall–Kier alpha value is -1.26. The summed E-state index contributed by atoms with van der Waals surface area (Å²) in [7, 11) is 0. The summed E-state index contributed by atoms with van der Waals surface area (Å²) in [4.78, 5) is 5.96. The van der Waals surface area contributed by atoms with Crippen molar-refractivity contribution in [1.29, 1.82) is 0 Å². The van der Waals surface area contributed by atoms with Crippen LogP contribution < -0.4 is 5.32 Å². The van der Waals surface area contributed by atoms with Crippen LogP contribution in [-0.2, 0) is 13.0 Å². The predicted octanol–water partition coefficient (Wildman–Crippen LogP) is 3.55. The summed E-state index contributed by atoms with van der Waals surface area (Å²) >= 11 is 3.60. The molecule has 1 atom stereocenters. The van der Waals surface area contributed by atoms with Crippen LogP contribution in [-0.4, -0.2) is 17.0 Å². The van der Waals surface area contributed by atoms with Gasteiger partial charge in [-0.2, -0.15) is 0 Å². The van der Waals surface area contributed by atoms with Crippen molar-refractivity contribution < 1.29 is 0 Å². The molecule has 0 aliphatic carbocycles. The van der Waals surface area contributed by atoms with Crippen molar-refractivity contribution in [2.75, 3.05) is 5.75 Å². The number of thiophene rings is 1. The lowest BCUT2D eigenvalue weighted by atomic mass is 10.1. The van der Waals surface area contributed by atoms with Gasteiger partial charge in [0.2, 0.25) is 0 Å². The van der Waals surface area contributed by atoms with E-state index in [9.17, 15) is 0 Å². The molecule has 98 valence electrons. The Bertz CT molecular complexity index is 535. The predicted molar refractivity (Wildman–Crippen MR) is 85.0 cm³/mol. The van der Waals surface area contributed by atoms with Crippen LogP contribution in [0.5, 0.6) is 0 Å². The van der Waals surface area contributed by atoms with Crippen molar-refractivity contribution in [3.8, 4) is 0 Å². The van der Waals surface area contributed by atoms with E-state index >= 15 is 0 Å². The fourth-order valence-electron chi connectivity index (χ4n) is 2.09. The zero-order valence-electron chi connectivity index (χ0n) is 10.6. The van der Waals surface area contributed by atoms with Gasteiger partial charge in [0.25, 0.3) is 0 Å². The fourth-order valence-corrected chi connectivity index (χ4v) is 3.68. The molecule has 2 heterocycles. The molecule has 1 aliphatic heterocycles. The molecule has 1 aromatic carbocycles.